The summed E-state index contributed by atoms with van der Waals surface area (Å²) in [5.74, 6) is -1.42. The number of carbonyl (C=O) groups excluding carboxylic acids is 3. The first kappa shape index (κ1) is 22.4. The third-order valence-electron chi connectivity index (χ3n) is 3.89. The molecule has 2 heterocycles. The molecule has 29 heavy (non-hydrogen) atoms. The zero-order valence-corrected chi connectivity index (χ0v) is 17.5. The van der Waals surface area contributed by atoms with Gasteiger partial charge in [0.15, 0.2) is 16.7 Å². The molecule has 2 rings (SSSR count). The Labute approximate surface area is 173 Å². The summed E-state index contributed by atoms with van der Waals surface area (Å²) in [5, 5.41) is 0.288. The molecule has 156 valence electrons. The zero-order chi connectivity index (χ0) is 21.4. The lowest BCUT2D eigenvalue weighted by molar-refractivity contribution is -0.135. The largest absolute Gasteiger partial charge is 0.466 e. The van der Waals surface area contributed by atoms with Crippen molar-refractivity contribution in [3.8, 4) is 0 Å². The number of nitrogens with zero attached hydrogens (tertiary/aromatic N) is 4. The van der Waals surface area contributed by atoms with Crippen molar-refractivity contribution in [3.05, 3.63) is 35.7 Å². The first-order valence-electron chi connectivity index (χ1n) is 9.17. The maximum atomic E-state index is 12.6. The van der Waals surface area contributed by atoms with Gasteiger partial charge in [-0.25, -0.2) is 19.6 Å². The maximum absolute atomic E-state index is 12.6. The van der Waals surface area contributed by atoms with Crippen LogP contribution in [0.5, 0.6) is 0 Å². The predicted molar refractivity (Wildman–Crippen MR) is 110 cm³/mol. The monoisotopic (exact) mass is 420 g/mol. The van der Waals surface area contributed by atoms with Crippen molar-refractivity contribution in [2.75, 3.05) is 20.3 Å². The van der Waals surface area contributed by atoms with Crippen LogP contribution in [0.4, 0.5) is 5.82 Å². The summed E-state index contributed by atoms with van der Waals surface area (Å²) >= 11 is 1.00. The number of unbranched alkanes of at least 4 members (excludes halogenated alkanes) is 1. The van der Waals surface area contributed by atoms with E-state index < -0.39 is 17.8 Å². The van der Waals surface area contributed by atoms with E-state index in [0.29, 0.717) is 6.54 Å². The fraction of sp³-hybridized carbons (Fsp3) is 0.421. The fourth-order valence-corrected chi connectivity index (χ4v) is 3.45. The van der Waals surface area contributed by atoms with Crippen molar-refractivity contribution in [2.45, 2.75) is 33.2 Å². The second kappa shape index (κ2) is 10.6. The number of aliphatic imine (C=N–C) groups is 1. The van der Waals surface area contributed by atoms with E-state index in [-0.39, 0.29) is 34.7 Å². The third-order valence-corrected chi connectivity index (χ3v) is 4.90. The van der Waals surface area contributed by atoms with Gasteiger partial charge in [0.05, 0.1) is 24.9 Å². The molecule has 0 aromatic carbocycles. The molecule has 0 bridgehead atoms. The fourth-order valence-electron chi connectivity index (χ4n) is 2.50. The highest BCUT2D eigenvalue weighted by Crippen LogP contribution is 2.33. The number of thioether (sulfide) groups is 1. The van der Waals surface area contributed by atoms with Crippen LogP contribution in [-0.4, -0.2) is 57.7 Å². The Morgan fingerprint density at radius 2 is 2.14 bits per heavy atom. The molecule has 0 N–H and O–H groups in total. The molecule has 9 nitrogen and oxygen atoms in total. The number of rotatable bonds is 9. The van der Waals surface area contributed by atoms with E-state index in [1.54, 1.807) is 17.6 Å². The normalized spacial score (nSPS) is 16.5. The number of hydrogen-bond acceptors (Lipinski definition) is 8. The lowest BCUT2D eigenvalue weighted by Gasteiger charge is -2.12. The van der Waals surface area contributed by atoms with Gasteiger partial charge < -0.3 is 14.0 Å². The van der Waals surface area contributed by atoms with Crippen molar-refractivity contribution in [2.24, 2.45) is 4.99 Å². The van der Waals surface area contributed by atoms with E-state index in [1.807, 2.05) is 6.92 Å². The van der Waals surface area contributed by atoms with Crippen LogP contribution in [0.2, 0.25) is 0 Å². The molecule has 1 aromatic heterocycles. The predicted octanol–water partition coefficient (Wildman–Crippen LogP) is 2.67. The first-order valence-corrected chi connectivity index (χ1v) is 9.99. The highest BCUT2D eigenvalue weighted by molar-refractivity contribution is 8.18. The standard InChI is InChI=1S/C19H24N4O5S/c1-5-8-10-22-12-20-16(15(22)18(26)28-7-3)21-19-23(9-6-2)17(25)13(29-19)11-14(24)27-4/h6,11-12H,2,5,7-10H2,1,3-4H3/b13-11+,21-19?. The van der Waals surface area contributed by atoms with Crippen molar-refractivity contribution in [1.82, 2.24) is 14.5 Å². The number of aryl methyl sites for hydroxylation is 1. The van der Waals surface area contributed by atoms with Crippen molar-refractivity contribution >= 4 is 40.6 Å². The number of carbonyl (C=O) groups is 3. The minimum absolute atomic E-state index is 0.156. The van der Waals surface area contributed by atoms with Crippen LogP contribution in [0.25, 0.3) is 0 Å². The average molecular weight is 420 g/mol. The van der Waals surface area contributed by atoms with E-state index >= 15 is 0 Å². The molecule has 0 radical (unpaired) electrons. The quantitative estimate of drug-likeness (QED) is 0.344. The second-order valence-electron chi connectivity index (χ2n) is 5.92. The smallest absolute Gasteiger partial charge is 0.358 e. The number of amidine groups is 1. The molecule has 0 unspecified atom stereocenters. The molecule has 0 saturated carbocycles. The van der Waals surface area contributed by atoms with Gasteiger partial charge in [-0.15, -0.1) is 6.58 Å². The number of esters is 2. The van der Waals surface area contributed by atoms with Gasteiger partial charge in [0.25, 0.3) is 5.91 Å². The van der Waals surface area contributed by atoms with E-state index in [0.717, 1.165) is 30.7 Å². The number of hydrogen-bond donors (Lipinski definition) is 0. The van der Waals surface area contributed by atoms with Gasteiger partial charge in [-0.3, -0.25) is 9.69 Å². The first-order chi connectivity index (χ1) is 14.0. The van der Waals surface area contributed by atoms with Gasteiger partial charge in [-0.1, -0.05) is 19.4 Å². The van der Waals surface area contributed by atoms with Crippen LogP contribution in [0.1, 0.15) is 37.2 Å². The SMILES string of the molecule is C=CCN1C(=O)/C(=C\C(=O)OC)SC1=Nc1ncn(CCCC)c1C(=O)OCC. The molecule has 1 saturated heterocycles. The second-order valence-corrected chi connectivity index (χ2v) is 6.93. The van der Waals surface area contributed by atoms with Crippen LogP contribution in [0.15, 0.2) is 35.0 Å². The molecular weight excluding hydrogens is 396 g/mol. The summed E-state index contributed by atoms with van der Waals surface area (Å²) in [5.41, 5.74) is 0.227. The van der Waals surface area contributed by atoms with Crippen LogP contribution in [-0.2, 0) is 25.6 Å². The molecule has 0 spiro atoms. The van der Waals surface area contributed by atoms with E-state index in [2.05, 4.69) is 21.3 Å². The van der Waals surface area contributed by atoms with Crippen LogP contribution in [0.3, 0.4) is 0 Å². The van der Waals surface area contributed by atoms with Gasteiger partial charge in [-0.05, 0) is 25.1 Å². The lowest BCUT2D eigenvalue weighted by atomic mass is 10.3. The van der Waals surface area contributed by atoms with Gasteiger partial charge in [0.2, 0.25) is 0 Å². The molecule has 1 amide bonds. The number of ether oxygens (including phenoxy) is 2. The highest BCUT2D eigenvalue weighted by atomic mass is 32.2. The van der Waals surface area contributed by atoms with Crippen LogP contribution < -0.4 is 0 Å². The summed E-state index contributed by atoms with van der Waals surface area (Å²) in [7, 11) is 1.23. The van der Waals surface area contributed by atoms with Crippen molar-refractivity contribution in [3.63, 3.8) is 0 Å². The minimum Gasteiger partial charge on any atom is -0.466 e. The van der Waals surface area contributed by atoms with E-state index in [4.69, 9.17) is 4.74 Å². The Hall–Kier alpha value is -2.88. The topological polar surface area (TPSA) is 103 Å². The molecule has 1 aliphatic heterocycles. The Balaban J connectivity index is 2.47. The zero-order valence-electron chi connectivity index (χ0n) is 16.7. The number of amides is 1. The molecule has 0 aliphatic carbocycles. The lowest BCUT2D eigenvalue weighted by Crippen LogP contribution is -2.29. The molecule has 0 atom stereocenters. The molecule has 1 fully saturated rings. The summed E-state index contributed by atoms with van der Waals surface area (Å²) in [6, 6.07) is 0. The highest BCUT2D eigenvalue weighted by Gasteiger charge is 2.34. The Bertz CT molecular complexity index is 859. The third kappa shape index (κ3) is 5.35. The molecule has 10 heteroatoms. The average Bonchev–Trinajstić information content (AvgIpc) is 3.23. The Morgan fingerprint density at radius 1 is 1.38 bits per heavy atom. The summed E-state index contributed by atoms with van der Waals surface area (Å²) in [6.45, 7) is 8.42. The number of aromatic nitrogens is 2. The van der Waals surface area contributed by atoms with Gasteiger partial charge in [0, 0.05) is 19.2 Å². The molecule has 1 aliphatic rings. The Kier molecular flexibility index (Phi) is 8.20. The minimum atomic E-state index is -0.642. The molecular formula is C19H24N4O5S. The molecule has 1 aromatic rings. The van der Waals surface area contributed by atoms with Crippen LogP contribution >= 0.6 is 11.8 Å². The van der Waals surface area contributed by atoms with Crippen molar-refractivity contribution in [1.29, 1.82) is 0 Å². The number of imidazole rings is 1. The number of methoxy groups -OCH3 is 1. The summed E-state index contributed by atoms with van der Waals surface area (Å²) in [6.07, 6.45) is 5.99. The summed E-state index contributed by atoms with van der Waals surface area (Å²) < 4.78 is 11.4. The van der Waals surface area contributed by atoms with Gasteiger partial charge in [-0.2, -0.15) is 0 Å². The van der Waals surface area contributed by atoms with Gasteiger partial charge in [0.1, 0.15) is 0 Å². The summed E-state index contributed by atoms with van der Waals surface area (Å²) in [4.78, 5) is 46.8. The van der Waals surface area contributed by atoms with Crippen molar-refractivity contribution < 1.29 is 23.9 Å². The van der Waals surface area contributed by atoms with Gasteiger partial charge >= 0.3 is 11.9 Å². The van der Waals surface area contributed by atoms with E-state index in [1.165, 1.54) is 18.3 Å². The van der Waals surface area contributed by atoms with E-state index in [9.17, 15) is 14.4 Å². The maximum Gasteiger partial charge on any atom is 0.358 e. The van der Waals surface area contributed by atoms with Crippen LogP contribution in [0, 0.1) is 0 Å². The Morgan fingerprint density at radius 3 is 2.76 bits per heavy atom.